The molecule has 1 aliphatic heterocycles. The molecule has 1 saturated heterocycles. The monoisotopic (exact) mass is 246 g/mol. The number of hydrogen-bond donors (Lipinski definition) is 1. The minimum absolute atomic E-state index is 0.358. The van der Waals surface area contributed by atoms with Crippen molar-refractivity contribution in [1.29, 1.82) is 5.26 Å². The van der Waals surface area contributed by atoms with E-state index in [1.54, 1.807) is 12.4 Å². The second kappa shape index (κ2) is 4.38. The van der Waals surface area contributed by atoms with E-state index in [0.29, 0.717) is 11.6 Å². The van der Waals surface area contributed by atoms with Crippen LogP contribution in [0, 0.1) is 11.3 Å². The molecule has 0 bridgehead atoms. The molecular formula is C13H18N4O. The van der Waals surface area contributed by atoms with Crippen LogP contribution in [0.4, 0.5) is 0 Å². The van der Waals surface area contributed by atoms with Gasteiger partial charge >= 0.3 is 0 Å². The molecule has 5 heteroatoms. The van der Waals surface area contributed by atoms with Gasteiger partial charge in [-0.15, -0.1) is 0 Å². The zero-order valence-electron chi connectivity index (χ0n) is 10.4. The summed E-state index contributed by atoms with van der Waals surface area (Å²) in [5, 5.41) is 23.3. The number of aromatic nitrogens is 2. The zero-order chi connectivity index (χ0) is 12.6. The van der Waals surface area contributed by atoms with E-state index in [9.17, 15) is 5.11 Å². The summed E-state index contributed by atoms with van der Waals surface area (Å²) in [7, 11) is 0. The molecule has 3 rings (SSSR count). The lowest BCUT2D eigenvalue weighted by Gasteiger charge is -2.42. The number of nitrogens with zero attached hydrogens (tertiary/aromatic N) is 4. The van der Waals surface area contributed by atoms with Crippen molar-refractivity contribution in [3.8, 4) is 6.07 Å². The highest BCUT2D eigenvalue weighted by atomic mass is 16.3. The molecule has 0 atom stereocenters. The van der Waals surface area contributed by atoms with Gasteiger partial charge in [-0.2, -0.15) is 10.4 Å². The van der Waals surface area contributed by atoms with Crippen molar-refractivity contribution < 1.29 is 5.11 Å². The van der Waals surface area contributed by atoms with Gasteiger partial charge in [-0.05, 0) is 12.8 Å². The topological polar surface area (TPSA) is 65.1 Å². The summed E-state index contributed by atoms with van der Waals surface area (Å²) in [6.45, 7) is 2.64. The molecule has 0 spiro atoms. The summed E-state index contributed by atoms with van der Waals surface area (Å²) in [6, 6.07) is 2.45. The van der Waals surface area contributed by atoms with E-state index < -0.39 is 5.60 Å². The Morgan fingerprint density at radius 3 is 2.78 bits per heavy atom. The lowest BCUT2D eigenvalue weighted by atomic mass is 9.98. The highest BCUT2D eigenvalue weighted by Crippen LogP contribution is 2.32. The number of likely N-dealkylation sites (tertiary alicyclic amines) is 1. The Bertz CT molecular complexity index is 464. The largest absolute Gasteiger partial charge is 0.389 e. The zero-order valence-corrected chi connectivity index (χ0v) is 10.4. The average Bonchev–Trinajstić information content (AvgIpc) is 2.92. The van der Waals surface area contributed by atoms with Crippen LogP contribution in [-0.4, -0.2) is 45.0 Å². The maximum absolute atomic E-state index is 10.3. The predicted molar refractivity (Wildman–Crippen MR) is 65.8 cm³/mol. The van der Waals surface area contributed by atoms with Crippen molar-refractivity contribution in [3.63, 3.8) is 0 Å². The van der Waals surface area contributed by atoms with Gasteiger partial charge in [0.05, 0.1) is 23.4 Å². The van der Waals surface area contributed by atoms with Gasteiger partial charge in [-0.3, -0.25) is 9.58 Å². The molecule has 2 heterocycles. The van der Waals surface area contributed by atoms with Gasteiger partial charge in [0.1, 0.15) is 6.07 Å². The first-order chi connectivity index (χ1) is 8.68. The van der Waals surface area contributed by atoms with E-state index >= 15 is 0 Å². The van der Waals surface area contributed by atoms with Crippen LogP contribution >= 0.6 is 0 Å². The smallest absolute Gasteiger partial charge is 0.102 e. The van der Waals surface area contributed by atoms with Crippen molar-refractivity contribution in [3.05, 3.63) is 18.0 Å². The van der Waals surface area contributed by atoms with Gasteiger partial charge in [-0.1, -0.05) is 12.8 Å². The van der Waals surface area contributed by atoms with Crippen LogP contribution in [0.15, 0.2) is 12.4 Å². The molecule has 0 aromatic carbocycles. The number of β-amino-alcohol motifs (C(OH)–C–C–N with tert-alkyl or cyclic N) is 1. The Balaban J connectivity index is 1.52. The van der Waals surface area contributed by atoms with E-state index in [2.05, 4.69) is 16.1 Å². The van der Waals surface area contributed by atoms with Gasteiger partial charge < -0.3 is 5.11 Å². The first kappa shape index (κ1) is 11.7. The average molecular weight is 246 g/mol. The molecule has 0 radical (unpaired) electrons. The van der Waals surface area contributed by atoms with Crippen LogP contribution in [0.3, 0.4) is 0 Å². The summed E-state index contributed by atoms with van der Waals surface area (Å²) in [4.78, 5) is 2.28. The third kappa shape index (κ3) is 2.14. The summed E-state index contributed by atoms with van der Waals surface area (Å²) in [5.74, 6) is 0. The Kier molecular flexibility index (Phi) is 2.84. The van der Waals surface area contributed by atoms with E-state index in [1.807, 2.05) is 4.68 Å². The molecule has 1 aromatic rings. The lowest BCUT2D eigenvalue weighted by Crippen LogP contribution is -2.53. The van der Waals surface area contributed by atoms with E-state index in [0.717, 1.165) is 45.3 Å². The number of rotatable bonds is 3. The van der Waals surface area contributed by atoms with Gasteiger partial charge in [0.25, 0.3) is 0 Å². The Morgan fingerprint density at radius 2 is 2.17 bits per heavy atom. The second-order valence-electron chi connectivity index (χ2n) is 5.60. The van der Waals surface area contributed by atoms with E-state index in [-0.39, 0.29) is 0 Å². The Morgan fingerprint density at radius 1 is 1.44 bits per heavy atom. The third-order valence-electron chi connectivity index (χ3n) is 4.09. The fraction of sp³-hybridized carbons (Fsp3) is 0.692. The number of nitriles is 1. The Hall–Kier alpha value is -1.38. The number of aliphatic hydroxyl groups is 1. The molecular weight excluding hydrogens is 228 g/mol. The van der Waals surface area contributed by atoms with Gasteiger partial charge in [-0.25, -0.2) is 0 Å². The van der Waals surface area contributed by atoms with Crippen molar-refractivity contribution in [2.45, 2.75) is 37.3 Å². The van der Waals surface area contributed by atoms with Gasteiger partial charge in [0.15, 0.2) is 0 Å². The molecule has 2 aliphatic rings. The van der Waals surface area contributed by atoms with Crippen molar-refractivity contribution >= 4 is 0 Å². The second-order valence-corrected chi connectivity index (χ2v) is 5.60. The lowest BCUT2D eigenvalue weighted by molar-refractivity contribution is -0.0256. The maximum Gasteiger partial charge on any atom is 0.102 e. The van der Waals surface area contributed by atoms with Gasteiger partial charge in [0.2, 0.25) is 0 Å². The molecule has 2 fully saturated rings. The van der Waals surface area contributed by atoms with Crippen LogP contribution in [0.2, 0.25) is 0 Å². The van der Waals surface area contributed by atoms with Gasteiger partial charge in [0, 0.05) is 25.8 Å². The molecule has 96 valence electrons. The SMILES string of the molecule is N#Cc1cnn(C2CN(CC3(O)CCCC3)C2)c1. The molecule has 0 unspecified atom stereocenters. The third-order valence-corrected chi connectivity index (χ3v) is 4.09. The van der Waals surface area contributed by atoms with Crippen LogP contribution in [-0.2, 0) is 0 Å². The molecule has 18 heavy (non-hydrogen) atoms. The Labute approximate surface area is 107 Å². The first-order valence-electron chi connectivity index (χ1n) is 6.58. The van der Waals surface area contributed by atoms with Crippen molar-refractivity contribution in [2.75, 3.05) is 19.6 Å². The first-order valence-corrected chi connectivity index (χ1v) is 6.58. The molecule has 5 nitrogen and oxygen atoms in total. The highest BCUT2D eigenvalue weighted by Gasteiger charge is 2.38. The van der Waals surface area contributed by atoms with E-state index in [1.165, 1.54) is 0 Å². The quantitative estimate of drug-likeness (QED) is 0.861. The van der Waals surface area contributed by atoms with Crippen LogP contribution in [0.25, 0.3) is 0 Å². The fourth-order valence-electron chi connectivity index (χ4n) is 3.04. The summed E-state index contributed by atoms with van der Waals surface area (Å²) >= 11 is 0. The molecule has 0 amide bonds. The van der Waals surface area contributed by atoms with Crippen molar-refractivity contribution in [2.24, 2.45) is 0 Å². The summed E-state index contributed by atoms with van der Waals surface area (Å²) in [6.07, 6.45) is 7.58. The van der Waals surface area contributed by atoms with Crippen LogP contribution < -0.4 is 0 Å². The molecule has 1 aromatic heterocycles. The predicted octanol–water partition coefficient (Wildman–Crippen LogP) is 0.917. The normalized spacial score (nSPS) is 23.8. The van der Waals surface area contributed by atoms with E-state index in [4.69, 9.17) is 5.26 Å². The summed E-state index contributed by atoms with van der Waals surface area (Å²) in [5.41, 5.74) is 0.162. The molecule has 1 N–H and O–H groups in total. The maximum atomic E-state index is 10.3. The summed E-state index contributed by atoms with van der Waals surface area (Å²) < 4.78 is 1.87. The van der Waals surface area contributed by atoms with Crippen LogP contribution in [0.1, 0.15) is 37.3 Å². The molecule has 1 aliphatic carbocycles. The minimum Gasteiger partial charge on any atom is -0.389 e. The minimum atomic E-state index is -0.451. The fourth-order valence-corrected chi connectivity index (χ4v) is 3.04. The molecule has 1 saturated carbocycles. The van der Waals surface area contributed by atoms with Crippen LogP contribution in [0.5, 0.6) is 0 Å². The van der Waals surface area contributed by atoms with Crippen molar-refractivity contribution in [1.82, 2.24) is 14.7 Å². The highest BCUT2D eigenvalue weighted by molar-refractivity contribution is 5.22. The standard InChI is InChI=1S/C13H18N4O/c14-5-11-6-15-17(7-11)12-8-16(9-12)10-13(18)3-1-2-4-13/h6-7,12,18H,1-4,8-10H2. The number of hydrogen-bond acceptors (Lipinski definition) is 4.